The molecule has 2 aliphatic heterocycles. The molecule has 1 fully saturated rings. The van der Waals surface area contributed by atoms with Crippen LogP contribution in [0.25, 0.3) is 11.1 Å². The third-order valence-electron chi connectivity index (χ3n) is 6.89. The standard InChI is InChI=1S/C29H34N2O3S/c1-2-17-31-18-14-29(15-19-31)13-12-26-20-25(10-11-28(26)34-29)24-8-6-23(7-9-24)21-35(32,33)22-27-5-3-4-16-30-27/h3-11,16,20H,2,12-15,17-19,21-22H2,1H3/i1D3,2D2,17D2. The van der Waals surface area contributed by atoms with Gasteiger partial charge in [0.25, 0.3) is 0 Å². The van der Waals surface area contributed by atoms with Crippen LogP contribution in [0.2, 0.25) is 0 Å². The molecule has 5 nitrogen and oxygen atoms in total. The molecule has 2 aliphatic rings. The third kappa shape index (κ3) is 5.76. The van der Waals surface area contributed by atoms with Crippen molar-refractivity contribution in [3.63, 3.8) is 0 Å². The van der Waals surface area contributed by atoms with Crippen LogP contribution in [-0.2, 0) is 27.8 Å². The minimum atomic E-state index is -3.36. The predicted octanol–water partition coefficient (Wildman–Crippen LogP) is 5.43. The summed E-state index contributed by atoms with van der Waals surface area (Å²) < 4.78 is 86.7. The van der Waals surface area contributed by atoms with Crippen molar-refractivity contribution in [2.45, 2.75) is 56.0 Å². The highest BCUT2D eigenvalue weighted by Crippen LogP contribution is 2.40. The summed E-state index contributed by atoms with van der Waals surface area (Å²) in [4.78, 5) is 5.40. The zero-order chi connectivity index (χ0) is 30.4. The molecule has 3 heterocycles. The summed E-state index contributed by atoms with van der Waals surface area (Å²) in [6.07, 6.45) is 0.994. The minimum absolute atomic E-state index is 0.0657. The van der Waals surface area contributed by atoms with E-state index in [1.165, 1.54) is 4.90 Å². The Labute approximate surface area is 218 Å². The Morgan fingerprint density at radius 2 is 1.83 bits per heavy atom. The number of hydrogen-bond donors (Lipinski definition) is 0. The van der Waals surface area contributed by atoms with Crippen LogP contribution >= 0.6 is 0 Å². The highest BCUT2D eigenvalue weighted by atomic mass is 32.2. The molecular formula is C29H34N2O3S. The van der Waals surface area contributed by atoms with Gasteiger partial charge in [0.1, 0.15) is 11.4 Å². The molecule has 0 amide bonds. The monoisotopic (exact) mass is 497 g/mol. The van der Waals surface area contributed by atoms with Gasteiger partial charge in [-0.15, -0.1) is 0 Å². The van der Waals surface area contributed by atoms with Gasteiger partial charge in [0.05, 0.1) is 17.2 Å². The van der Waals surface area contributed by atoms with Crippen molar-refractivity contribution >= 4 is 9.84 Å². The van der Waals surface area contributed by atoms with E-state index in [-0.39, 0.29) is 24.6 Å². The lowest BCUT2D eigenvalue weighted by Gasteiger charge is -2.44. The van der Waals surface area contributed by atoms with Crippen LogP contribution in [0.1, 0.15) is 58.9 Å². The number of aryl methyl sites for hydroxylation is 1. The van der Waals surface area contributed by atoms with E-state index < -0.39 is 35.2 Å². The quantitative estimate of drug-likeness (QED) is 0.435. The van der Waals surface area contributed by atoms with Crippen molar-refractivity contribution in [1.29, 1.82) is 0 Å². The Hall–Kier alpha value is -2.70. The van der Waals surface area contributed by atoms with E-state index in [0.29, 0.717) is 24.1 Å². The second-order valence-electron chi connectivity index (χ2n) is 9.38. The molecule has 6 heteroatoms. The number of piperidine rings is 1. The van der Waals surface area contributed by atoms with Crippen molar-refractivity contribution in [1.82, 2.24) is 9.88 Å². The second kappa shape index (κ2) is 10.1. The Bertz CT molecular complexity index is 1520. The molecule has 184 valence electrons. The number of sulfone groups is 1. The van der Waals surface area contributed by atoms with Gasteiger partial charge < -0.3 is 9.64 Å². The molecule has 0 aliphatic carbocycles. The molecule has 0 radical (unpaired) electrons. The van der Waals surface area contributed by atoms with Gasteiger partial charge in [-0.2, -0.15) is 0 Å². The smallest absolute Gasteiger partial charge is 0.160 e. The summed E-state index contributed by atoms with van der Waals surface area (Å²) in [7, 11) is -3.36. The fourth-order valence-electron chi connectivity index (χ4n) is 4.97. The zero-order valence-electron chi connectivity index (χ0n) is 26.5. The molecule has 35 heavy (non-hydrogen) atoms. The van der Waals surface area contributed by atoms with Crippen LogP contribution in [0.5, 0.6) is 5.75 Å². The van der Waals surface area contributed by atoms with Gasteiger partial charge in [0, 0.05) is 28.9 Å². The van der Waals surface area contributed by atoms with Gasteiger partial charge in [0.2, 0.25) is 0 Å². The van der Waals surface area contributed by atoms with E-state index in [9.17, 15) is 8.42 Å². The summed E-state index contributed by atoms with van der Waals surface area (Å²) in [5.74, 6) is 0.588. The van der Waals surface area contributed by atoms with Crippen LogP contribution < -0.4 is 4.74 Å². The normalized spacial score (nSPS) is 21.8. The lowest BCUT2D eigenvalue weighted by atomic mass is 9.82. The van der Waals surface area contributed by atoms with E-state index in [1.54, 1.807) is 24.4 Å². The maximum Gasteiger partial charge on any atom is 0.160 e. The molecular weight excluding hydrogens is 456 g/mol. The number of rotatable bonds is 7. The van der Waals surface area contributed by atoms with Crippen LogP contribution in [0, 0.1) is 0 Å². The SMILES string of the molecule is [2H]C([2H])([2H])C([2H])([2H])C([2H])([2H])N1CCC2(CCc3cc(-c4ccc(CS(=O)(=O)Cc5ccccn5)cc4)ccc3O2)CC1. The maximum atomic E-state index is 12.6. The van der Waals surface area contributed by atoms with Crippen molar-refractivity contribution < 1.29 is 22.7 Å². The molecule has 1 spiro atoms. The number of ether oxygens (including phenoxy) is 1. The average Bonchev–Trinajstić information content (AvgIpc) is 2.93. The number of likely N-dealkylation sites (tertiary alicyclic amines) is 1. The van der Waals surface area contributed by atoms with E-state index >= 15 is 0 Å². The molecule has 1 aromatic heterocycles. The average molecular weight is 498 g/mol. The maximum absolute atomic E-state index is 12.6. The fraction of sp³-hybridized carbons (Fsp3) is 0.414. The number of benzene rings is 2. The molecule has 0 unspecified atom stereocenters. The van der Waals surface area contributed by atoms with Crippen molar-refractivity contribution in [3.8, 4) is 16.9 Å². The first kappa shape index (κ1) is 16.9. The predicted molar refractivity (Wildman–Crippen MR) is 140 cm³/mol. The van der Waals surface area contributed by atoms with E-state index in [4.69, 9.17) is 14.3 Å². The first-order chi connectivity index (χ1) is 19.6. The first-order valence-corrected chi connectivity index (χ1v) is 13.7. The molecule has 5 rings (SSSR count). The molecule has 0 saturated carbocycles. The molecule has 2 aromatic carbocycles. The molecule has 0 atom stereocenters. The van der Waals surface area contributed by atoms with E-state index in [2.05, 4.69) is 11.1 Å². The highest BCUT2D eigenvalue weighted by molar-refractivity contribution is 7.89. The molecule has 0 N–H and O–H groups in total. The largest absolute Gasteiger partial charge is 0.487 e. The Morgan fingerprint density at radius 1 is 1.03 bits per heavy atom. The Morgan fingerprint density at radius 3 is 2.57 bits per heavy atom. The summed E-state index contributed by atoms with van der Waals surface area (Å²) in [5, 5.41) is 0. The van der Waals surface area contributed by atoms with Crippen LogP contribution in [0.15, 0.2) is 66.9 Å². The molecule has 3 aromatic rings. The third-order valence-corrected chi connectivity index (χ3v) is 8.40. The van der Waals surface area contributed by atoms with Gasteiger partial charge in [-0.05, 0) is 85.1 Å². The number of pyridine rings is 1. The van der Waals surface area contributed by atoms with E-state index in [1.807, 2.05) is 36.4 Å². The van der Waals surface area contributed by atoms with Crippen LogP contribution in [0.4, 0.5) is 0 Å². The number of hydrogen-bond acceptors (Lipinski definition) is 5. The summed E-state index contributed by atoms with van der Waals surface area (Å²) >= 11 is 0. The Balaban J connectivity index is 1.22. The van der Waals surface area contributed by atoms with Gasteiger partial charge in [-0.3, -0.25) is 4.98 Å². The van der Waals surface area contributed by atoms with Gasteiger partial charge in [-0.25, -0.2) is 8.42 Å². The van der Waals surface area contributed by atoms with Gasteiger partial charge >= 0.3 is 0 Å². The number of nitrogens with zero attached hydrogens (tertiary/aromatic N) is 2. The Kier molecular flexibility index (Phi) is 4.88. The van der Waals surface area contributed by atoms with Crippen LogP contribution in [0.3, 0.4) is 0 Å². The van der Waals surface area contributed by atoms with Gasteiger partial charge in [0.15, 0.2) is 9.84 Å². The van der Waals surface area contributed by atoms with Crippen LogP contribution in [-0.4, -0.2) is 43.5 Å². The van der Waals surface area contributed by atoms with E-state index in [0.717, 1.165) is 35.3 Å². The first-order valence-electron chi connectivity index (χ1n) is 15.4. The van der Waals surface area contributed by atoms with Gasteiger partial charge in [-0.1, -0.05) is 43.3 Å². The summed E-state index contributed by atoms with van der Waals surface area (Å²) in [6.45, 7) is -5.33. The number of fused-ring (bicyclic) bond motifs is 1. The second-order valence-corrected chi connectivity index (χ2v) is 11.4. The fourth-order valence-corrected chi connectivity index (χ4v) is 6.39. The molecule has 0 bridgehead atoms. The van der Waals surface area contributed by atoms with Crippen molar-refractivity contribution in [3.05, 3.63) is 83.7 Å². The van der Waals surface area contributed by atoms with Crippen molar-refractivity contribution in [2.24, 2.45) is 0 Å². The van der Waals surface area contributed by atoms with Crippen molar-refractivity contribution in [2.75, 3.05) is 19.6 Å². The highest BCUT2D eigenvalue weighted by Gasteiger charge is 2.39. The lowest BCUT2D eigenvalue weighted by molar-refractivity contribution is -0.0143. The topological polar surface area (TPSA) is 59.5 Å². The summed E-state index contributed by atoms with van der Waals surface area (Å²) in [6, 6.07) is 18.7. The molecule has 1 saturated heterocycles. The summed E-state index contributed by atoms with van der Waals surface area (Å²) in [5.41, 5.74) is 3.73. The number of aromatic nitrogens is 1. The lowest BCUT2D eigenvalue weighted by Crippen LogP contribution is -2.49. The zero-order valence-corrected chi connectivity index (χ0v) is 20.4. The minimum Gasteiger partial charge on any atom is -0.487 e.